The monoisotopic (exact) mass is 334 g/mol. The number of hydrogen-bond acceptors (Lipinski definition) is 6. The third kappa shape index (κ3) is 3.71. The van der Waals surface area contributed by atoms with E-state index in [0.29, 0.717) is 10.0 Å². The second-order valence-electron chi connectivity index (χ2n) is 4.12. The van der Waals surface area contributed by atoms with Crippen molar-refractivity contribution in [2.75, 3.05) is 19.8 Å². The van der Waals surface area contributed by atoms with Crippen molar-refractivity contribution >= 4 is 21.6 Å². The smallest absolute Gasteiger partial charge is 0.283 e. The zero-order valence-corrected chi connectivity index (χ0v) is 11.6. The van der Waals surface area contributed by atoms with E-state index in [1.165, 1.54) is 6.07 Å². The Hall–Kier alpha value is -1.06. The normalized spacial score (nSPS) is 11.6. The lowest BCUT2D eigenvalue weighted by Gasteiger charge is -2.29. The fraction of sp³-hybridized carbons (Fsp3) is 0.455. The van der Waals surface area contributed by atoms with Crippen molar-refractivity contribution in [2.45, 2.75) is 12.1 Å². The van der Waals surface area contributed by atoms with Crippen molar-refractivity contribution in [1.82, 2.24) is 5.32 Å². The molecule has 0 heterocycles. The van der Waals surface area contributed by atoms with Crippen LogP contribution in [-0.2, 0) is 6.54 Å². The van der Waals surface area contributed by atoms with E-state index in [4.69, 9.17) is 15.3 Å². The maximum absolute atomic E-state index is 10.8. The molecule has 106 valence electrons. The summed E-state index contributed by atoms with van der Waals surface area (Å²) in [4.78, 5) is 10.3. The van der Waals surface area contributed by atoms with Crippen LogP contribution in [0, 0.1) is 10.1 Å². The minimum absolute atomic E-state index is 0.0677. The highest BCUT2D eigenvalue weighted by atomic mass is 79.9. The summed E-state index contributed by atoms with van der Waals surface area (Å²) in [6.07, 6.45) is 0. The first-order valence-electron chi connectivity index (χ1n) is 5.49. The second-order valence-corrected chi connectivity index (χ2v) is 4.91. The van der Waals surface area contributed by atoms with E-state index >= 15 is 0 Å². The largest absolute Gasteiger partial charge is 0.394 e. The van der Waals surface area contributed by atoms with Crippen LogP contribution in [0.15, 0.2) is 22.7 Å². The van der Waals surface area contributed by atoms with Gasteiger partial charge in [-0.25, -0.2) is 0 Å². The molecule has 19 heavy (non-hydrogen) atoms. The Kier molecular flexibility index (Phi) is 5.83. The number of nitrogens with zero attached hydrogens (tertiary/aromatic N) is 1. The summed E-state index contributed by atoms with van der Waals surface area (Å²) in [7, 11) is 0. The second kappa shape index (κ2) is 6.92. The topological polar surface area (TPSA) is 116 Å². The lowest BCUT2D eigenvalue weighted by Crippen LogP contribution is -2.54. The van der Waals surface area contributed by atoms with Crippen LogP contribution in [0.1, 0.15) is 5.56 Å². The summed E-state index contributed by atoms with van der Waals surface area (Å²) >= 11 is 3.15. The molecule has 4 N–H and O–H groups in total. The van der Waals surface area contributed by atoms with Gasteiger partial charge in [0.25, 0.3) is 5.69 Å². The molecule has 0 bridgehead atoms. The molecule has 0 spiro atoms. The van der Waals surface area contributed by atoms with E-state index in [0.717, 1.165) is 0 Å². The van der Waals surface area contributed by atoms with Crippen molar-refractivity contribution in [3.63, 3.8) is 0 Å². The van der Waals surface area contributed by atoms with Gasteiger partial charge < -0.3 is 20.6 Å². The Morgan fingerprint density at radius 2 is 1.84 bits per heavy atom. The number of benzene rings is 1. The number of hydrogen-bond donors (Lipinski definition) is 4. The van der Waals surface area contributed by atoms with E-state index in [-0.39, 0.29) is 12.2 Å². The highest BCUT2D eigenvalue weighted by Gasteiger charge is 2.27. The fourth-order valence-electron chi connectivity index (χ4n) is 1.44. The third-order valence-corrected chi connectivity index (χ3v) is 3.73. The van der Waals surface area contributed by atoms with Gasteiger partial charge in [-0.2, -0.15) is 0 Å². The van der Waals surface area contributed by atoms with Crippen LogP contribution in [0.3, 0.4) is 0 Å². The van der Waals surface area contributed by atoms with Crippen molar-refractivity contribution in [3.8, 4) is 0 Å². The molecule has 1 aromatic rings. The first kappa shape index (κ1) is 16.0. The Bertz CT molecular complexity index is 442. The summed E-state index contributed by atoms with van der Waals surface area (Å²) in [6, 6.07) is 4.57. The van der Waals surface area contributed by atoms with Gasteiger partial charge in [0, 0.05) is 12.6 Å². The quantitative estimate of drug-likeness (QED) is 0.417. The van der Waals surface area contributed by atoms with Crippen molar-refractivity contribution in [3.05, 3.63) is 38.3 Å². The number of halogens is 1. The molecule has 1 rings (SSSR count). The molecule has 0 aromatic heterocycles. The van der Waals surface area contributed by atoms with Crippen LogP contribution in [0.4, 0.5) is 5.69 Å². The molecule has 0 saturated carbocycles. The molecule has 0 unspecified atom stereocenters. The molecule has 0 fully saturated rings. The Labute approximate surface area is 118 Å². The van der Waals surface area contributed by atoms with E-state index in [1.807, 2.05) is 0 Å². The SMILES string of the molecule is O=[N+]([O-])c1cccc(CNC(CO)(CO)CO)c1Br. The summed E-state index contributed by atoms with van der Waals surface area (Å²) in [6.45, 7) is -1.20. The molecule has 0 aliphatic rings. The van der Waals surface area contributed by atoms with Crippen LogP contribution in [-0.4, -0.2) is 45.6 Å². The predicted octanol–water partition coefficient (Wildman–Crippen LogP) is 0.163. The van der Waals surface area contributed by atoms with Gasteiger partial charge >= 0.3 is 0 Å². The Morgan fingerprint density at radius 1 is 1.26 bits per heavy atom. The van der Waals surface area contributed by atoms with Crippen molar-refractivity contribution in [2.24, 2.45) is 0 Å². The minimum Gasteiger partial charge on any atom is -0.394 e. The van der Waals surface area contributed by atoms with E-state index < -0.39 is 30.3 Å². The van der Waals surface area contributed by atoms with E-state index in [2.05, 4.69) is 21.2 Å². The first-order valence-corrected chi connectivity index (χ1v) is 6.28. The predicted molar refractivity (Wildman–Crippen MR) is 71.6 cm³/mol. The van der Waals surface area contributed by atoms with Gasteiger partial charge in [-0.15, -0.1) is 0 Å². The van der Waals surface area contributed by atoms with Gasteiger partial charge in [-0.1, -0.05) is 12.1 Å². The molecular formula is C11H15BrN2O5. The van der Waals surface area contributed by atoms with Crippen LogP contribution < -0.4 is 5.32 Å². The molecule has 0 radical (unpaired) electrons. The van der Waals surface area contributed by atoms with Crippen LogP contribution in [0.5, 0.6) is 0 Å². The standard InChI is InChI=1S/C11H15BrN2O5/c12-10-8(2-1-3-9(10)14(18)19)4-13-11(5-15,6-16)7-17/h1-3,13,15-17H,4-7H2. The van der Waals surface area contributed by atoms with Crippen LogP contribution >= 0.6 is 15.9 Å². The molecule has 0 atom stereocenters. The number of aliphatic hydroxyl groups excluding tert-OH is 3. The average Bonchev–Trinajstić information content (AvgIpc) is 2.42. The van der Waals surface area contributed by atoms with E-state index in [9.17, 15) is 10.1 Å². The van der Waals surface area contributed by atoms with Gasteiger partial charge in [-0.05, 0) is 21.5 Å². The maximum atomic E-state index is 10.8. The molecule has 8 heteroatoms. The van der Waals surface area contributed by atoms with Gasteiger partial charge in [0.1, 0.15) is 0 Å². The zero-order chi connectivity index (χ0) is 14.5. The van der Waals surface area contributed by atoms with Gasteiger partial charge in [-0.3, -0.25) is 10.1 Å². The molecule has 0 aliphatic heterocycles. The average molecular weight is 335 g/mol. The highest BCUT2D eigenvalue weighted by molar-refractivity contribution is 9.10. The molecule has 0 saturated heterocycles. The number of aliphatic hydroxyl groups is 3. The summed E-state index contributed by atoms with van der Waals surface area (Å²) in [5.74, 6) is 0. The van der Waals surface area contributed by atoms with Gasteiger partial charge in [0.05, 0.1) is 34.8 Å². The molecule has 0 aliphatic carbocycles. The molecule has 0 amide bonds. The third-order valence-electron chi connectivity index (χ3n) is 2.82. The number of nitrogens with one attached hydrogen (secondary N) is 1. The molecule has 1 aromatic carbocycles. The summed E-state index contributed by atoms with van der Waals surface area (Å²) in [5.41, 5.74) is -0.694. The lowest BCUT2D eigenvalue weighted by molar-refractivity contribution is -0.385. The van der Waals surface area contributed by atoms with Crippen molar-refractivity contribution < 1.29 is 20.2 Å². The van der Waals surface area contributed by atoms with Crippen LogP contribution in [0.25, 0.3) is 0 Å². The Morgan fingerprint density at radius 3 is 2.32 bits per heavy atom. The number of rotatable bonds is 7. The first-order chi connectivity index (χ1) is 8.99. The summed E-state index contributed by atoms with van der Waals surface area (Å²) in [5, 5.41) is 41.1. The maximum Gasteiger partial charge on any atom is 0.283 e. The van der Waals surface area contributed by atoms with Crippen LogP contribution in [0.2, 0.25) is 0 Å². The molecule has 7 nitrogen and oxygen atoms in total. The van der Waals surface area contributed by atoms with Gasteiger partial charge in [0.15, 0.2) is 0 Å². The van der Waals surface area contributed by atoms with Gasteiger partial charge in [0.2, 0.25) is 0 Å². The van der Waals surface area contributed by atoms with E-state index in [1.54, 1.807) is 12.1 Å². The lowest BCUT2D eigenvalue weighted by atomic mass is 10.0. The zero-order valence-electron chi connectivity index (χ0n) is 10.0. The van der Waals surface area contributed by atoms with Crippen molar-refractivity contribution in [1.29, 1.82) is 0 Å². The highest BCUT2D eigenvalue weighted by Crippen LogP contribution is 2.28. The minimum atomic E-state index is -1.22. The molecular weight excluding hydrogens is 320 g/mol. The fourth-order valence-corrected chi connectivity index (χ4v) is 1.99. The number of nitro benzene ring substituents is 1. The Balaban J connectivity index is 2.89. The number of nitro groups is 1. The summed E-state index contributed by atoms with van der Waals surface area (Å²) < 4.78 is 0.329.